The summed E-state index contributed by atoms with van der Waals surface area (Å²) >= 11 is 0. The molecule has 1 aromatic heterocycles. The predicted octanol–water partition coefficient (Wildman–Crippen LogP) is 2.33. The molecule has 0 aliphatic rings. The van der Waals surface area contributed by atoms with E-state index in [1.165, 1.54) is 6.26 Å². The summed E-state index contributed by atoms with van der Waals surface area (Å²) in [5, 5.41) is 2.88. The molecule has 0 aliphatic carbocycles. The number of hydrogen-bond donors (Lipinski definition) is 1. The van der Waals surface area contributed by atoms with Crippen molar-refractivity contribution in [3.8, 4) is 11.5 Å². The van der Waals surface area contributed by atoms with E-state index in [1.807, 2.05) is 37.2 Å². The zero-order valence-corrected chi connectivity index (χ0v) is 13.8. The van der Waals surface area contributed by atoms with Gasteiger partial charge in [-0.2, -0.15) is 0 Å². The number of hydrogen-bond acceptors (Lipinski definition) is 5. The molecule has 1 N–H and O–H groups in total. The molecule has 1 amide bonds. The minimum Gasteiger partial charge on any atom is -0.493 e. The lowest BCUT2D eigenvalue weighted by molar-refractivity contribution is 0.0914. The van der Waals surface area contributed by atoms with Crippen LogP contribution in [0.2, 0.25) is 0 Å². The molecule has 0 fully saturated rings. The second kappa shape index (κ2) is 7.69. The van der Waals surface area contributed by atoms with Crippen LogP contribution in [0.5, 0.6) is 11.5 Å². The summed E-state index contributed by atoms with van der Waals surface area (Å²) in [6.45, 7) is 0.446. The molecule has 0 radical (unpaired) electrons. The molecule has 1 unspecified atom stereocenters. The molecule has 0 aliphatic heterocycles. The Morgan fingerprint density at radius 1 is 1.22 bits per heavy atom. The van der Waals surface area contributed by atoms with Crippen LogP contribution in [0, 0.1) is 0 Å². The third kappa shape index (κ3) is 4.04. The van der Waals surface area contributed by atoms with Gasteiger partial charge in [0.1, 0.15) is 0 Å². The van der Waals surface area contributed by atoms with Crippen molar-refractivity contribution >= 4 is 5.91 Å². The first kappa shape index (κ1) is 16.9. The van der Waals surface area contributed by atoms with Crippen molar-refractivity contribution in [3.05, 3.63) is 47.9 Å². The van der Waals surface area contributed by atoms with Gasteiger partial charge in [0.05, 0.1) is 26.5 Å². The second-order valence-corrected chi connectivity index (χ2v) is 5.28. The summed E-state index contributed by atoms with van der Waals surface area (Å²) in [5.74, 6) is 1.40. The molecule has 0 saturated heterocycles. The van der Waals surface area contributed by atoms with E-state index >= 15 is 0 Å². The van der Waals surface area contributed by atoms with Gasteiger partial charge in [-0.3, -0.25) is 4.79 Å². The zero-order chi connectivity index (χ0) is 16.8. The number of methoxy groups -OCH3 is 2. The molecule has 0 bridgehead atoms. The van der Waals surface area contributed by atoms with Crippen LogP contribution in [0.15, 0.2) is 41.0 Å². The van der Waals surface area contributed by atoms with Gasteiger partial charge in [-0.05, 0) is 43.9 Å². The minimum atomic E-state index is -0.234. The number of furan rings is 1. The number of nitrogens with zero attached hydrogens (tertiary/aromatic N) is 1. The highest BCUT2D eigenvalue weighted by Crippen LogP contribution is 2.31. The minimum absolute atomic E-state index is 0.00582. The average molecular weight is 318 g/mol. The van der Waals surface area contributed by atoms with Crippen LogP contribution in [-0.4, -0.2) is 45.7 Å². The van der Waals surface area contributed by atoms with Crippen LogP contribution in [-0.2, 0) is 0 Å². The van der Waals surface area contributed by atoms with Gasteiger partial charge in [-0.25, -0.2) is 0 Å². The van der Waals surface area contributed by atoms with Crippen molar-refractivity contribution in [1.82, 2.24) is 10.2 Å². The third-order valence-corrected chi connectivity index (χ3v) is 3.62. The Bertz CT molecular complexity index is 638. The normalized spacial score (nSPS) is 12.0. The number of amides is 1. The first-order valence-corrected chi connectivity index (χ1v) is 7.27. The van der Waals surface area contributed by atoms with E-state index in [0.717, 1.165) is 5.56 Å². The summed E-state index contributed by atoms with van der Waals surface area (Å²) < 4.78 is 15.7. The number of carbonyl (C=O) groups excluding carboxylic acids is 1. The Balaban J connectivity index is 2.13. The molecule has 0 spiro atoms. The molecule has 1 atom stereocenters. The van der Waals surface area contributed by atoms with Gasteiger partial charge >= 0.3 is 0 Å². The van der Waals surface area contributed by atoms with Gasteiger partial charge in [-0.1, -0.05) is 6.07 Å². The number of benzene rings is 1. The number of rotatable bonds is 7. The fourth-order valence-corrected chi connectivity index (χ4v) is 2.34. The molecule has 1 aromatic carbocycles. The number of ether oxygens (including phenoxy) is 2. The van der Waals surface area contributed by atoms with Crippen LogP contribution < -0.4 is 14.8 Å². The predicted molar refractivity (Wildman–Crippen MR) is 87.0 cm³/mol. The van der Waals surface area contributed by atoms with Crippen LogP contribution in [0.4, 0.5) is 0 Å². The molecular weight excluding hydrogens is 296 g/mol. The Morgan fingerprint density at radius 3 is 2.52 bits per heavy atom. The highest BCUT2D eigenvalue weighted by atomic mass is 16.5. The Morgan fingerprint density at radius 2 is 1.96 bits per heavy atom. The zero-order valence-electron chi connectivity index (χ0n) is 13.8. The third-order valence-electron chi connectivity index (χ3n) is 3.62. The number of likely N-dealkylation sites (N-methyl/N-ethyl adjacent to an activating group) is 1. The maximum Gasteiger partial charge on any atom is 0.287 e. The van der Waals surface area contributed by atoms with Crippen molar-refractivity contribution in [1.29, 1.82) is 0 Å². The molecule has 23 heavy (non-hydrogen) atoms. The highest BCUT2D eigenvalue weighted by Gasteiger charge is 2.18. The average Bonchev–Trinajstić information content (AvgIpc) is 3.08. The number of nitrogens with one attached hydrogen (secondary N) is 1. The van der Waals surface area contributed by atoms with Crippen molar-refractivity contribution in [3.63, 3.8) is 0 Å². The standard InChI is InChI=1S/C17H22N2O4/c1-19(2)13(11-18-17(20)15-6-5-9-23-15)12-7-8-14(21-3)16(10-12)22-4/h5-10,13H,11H2,1-4H3,(H,18,20). The van der Waals surface area contributed by atoms with Crippen LogP contribution in [0.3, 0.4) is 0 Å². The van der Waals surface area contributed by atoms with E-state index < -0.39 is 0 Å². The lowest BCUT2D eigenvalue weighted by atomic mass is 10.0. The van der Waals surface area contributed by atoms with Crippen molar-refractivity contribution < 1.29 is 18.7 Å². The van der Waals surface area contributed by atoms with Crippen LogP contribution >= 0.6 is 0 Å². The fourth-order valence-electron chi connectivity index (χ4n) is 2.34. The molecule has 1 heterocycles. The van der Waals surface area contributed by atoms with E-state index in [0.29, 0.717) is 23.8 Å². The lowest BCUT2D eigenvalue weighted by Crippen LogP contribution is -2.34. The molecule has 0 saturated carbocycles. The van der Waals surface area contributed by atoms with E-state index in [-0.39, 0.29) is 11.9 Å². The van der Waals surface area contributed by atoms with E-state index in [4.69, 9.17) is 13.9 Å². The summed E-state index contributed by atoms with van der Waals surface area (Å²) in [7, 11) is 7.12. The first-order chi connectivity index (χ1) is 11.1. The quantitative estimate of drug-likeness (QED) is 0.849. The van der Waals surface area contributed by atoms with Crippen LogP contribution in [0.1, 0.15) is 22.2 Å². The van der Waals surface area contributed by atoms with Gasteiger partial charge in [0.25, 0.3) is 5.91 Å². The molecular formula is C17H22N2O4. The largest absolute Gasteiger partial charge is 0.493 e. The van der Waals surface area contributed by atoms with Crippen LogP contribution in [0.25, 0.3) is 0 Å². The van der Waals surface area contributed by atoms with Gasteiger partial charge in [0.2, 0.25) is 0 Å². The Labute approximate surface area is 136 Å². The SMILES string of the molecule is COc1ccc(C(CNC(=O)c2ccco2)N(C)C)cc1OC. The fraction of sp³-hybridized carbons (Fsp3) is 0.353. The maximum atomic E-state index is 12.0. The molecule has 6 nitrogen and oxygen atoms in total. The van der Waals surface area contributed by atoms with Gasteiger partial charge in [0, 0.05) is 6.54 Å². The van der Waals surface area contributed by atoms with Gasteiger partial charge < -0.3 is 24.1 Å². The van der Waals surface area contributed by atoms with Crippen molar-refractivity contribution in [2.24, 2.45) is 0 Å². The molecule has 2 aromatic rings. The van der Waals surface area contributed by atoms with Crippen molar-refractivity contribution in [2.45, 2.75) is 6.04 Å². The molecule has 6 heteroatoms. The number of carbonyl (C=O) groups is 1. The highest BCUT2D eigenvalue weighted by molar-refractivity contribution is 5.91. The summed E-state index contributed by atoms with van der Waals surface area (Å²) in [5.41, 5.74) is 1.02. The molecule has 2 rings (SSSR count). The summed E-state index contributed by atoms with van der Waals surface area (Å²) in [6.07, 6.45) is 1.48. The monoisotopic (exact) mass is 318 g/mol. The maximum absolute atomic E-state index is 12.0. The van der Waals surface area contributed by atoms with Crippen molar-refractivity contribution in [2.75, 3.05) is 34.9 Å². The second-order valence-electron chi connectivity index (χ2n) is 5.28. The summed E-state index contributed by atoms with van der Waals surface area (Å²) in [6, 6.07) is 9.06. The smallest absolute Gasteiger partial charge is 0.287 e. The first-order valence-electron chi connectivity index (χ1n) is 7.27. The van der Waals surface area contributed by atoms with Gasteiger partial charge in [0.15, 0.2) is 17.3 Å². The Hall–Kier alpha value is -2.47. The topological polar surface area (TPSA) is 63.9 Å². The Kier molecular flexibility index (Phi) is 5.65. The summed E-state index contributed by atoms with van der Waals surface area (Å²) in [4.78, 5) is 14.1. The van der Waals surface area contributed by atoms with Gasteiger partial charge in [-0.15, -0.1) is 0 Å². The van der Waals surface area contributed by atoms with E-state index in [2.05, 4.69) is 5.32 Å². The molecule has 124 valence electrons. The van der Waals surface area contributed by atoms with E-state index in [1.54, 1.807) is 26.4 Å². The van der Waals surface area contributed by atoms with E-state index in [9.17, 15) is 4.79 Å². The lowest BCUT2D eigenvalue weighted by Gasteiger charge is -2.25.